The van der Waals surface area contributed by atoms with Gasteiger partial charge in [0.15, 0.2) is 0 Å². The summed E-state index contributed by atoms with van der Waals surface area (Å²) in [6, 6.07) is 25.8. The summed E-state index contributed by atoms with van der Waals surface area (Å²) in [4.78, 5) is 36.9. The molecule has 2 heterocycles. The number of hydrogen-bond acceptors (Lipinski definition) is 6. The molecule has 8 nitrogen and oxygen atoms in total. The highest BCUT2D eigenvalue weighted by atomic mass is 16.5. The quantitative estimate of drug-likeness (QED) is 0.250. The molecule has 0 bridgehead atoms. The number of carbonyl (C=O) groups is 3. The van der Waals surface area contributed by atoms with Gasteiger partial charge in [0.1, 0.15) is 18.1 Å². The Morgan fingerprint density at radius 2 is 1.71 bits per heavy atom. The highest BCUT2D eigenvalue weighted by molar-refractivity contribution is 6.32. The molecule has 188 valence electrons. The highest BCUT2D eigenvalue weighted by Gasteiger charge is 2.29. The SMILES string of the molecule is CC1=NN(c2cccc(C(=O)O)c2)C(=O)/C1=C\c1ccc(-c2cccc(C(=O)OCc3ccccc3)c2)o1. The van der Waals surface area contributed by atoms with Crippen molar-refractivity contribution in [2.24, 2.45) is 5.10 Å². The lowest BCUT2D eigenvalue weighted by atomic mass is 10.1. The maximum atomic E-state index is 13.1. The summed E-state index contributed by atoms with van der Waals surface area (Å²) < 4.78 is 11.4. The molecule has 1 aliphatic rings. The summed E-state index contributed by atoms with van der Waals surface area (Å²) >= 11 is 0. The average Bonchev–Trinajstić information content (AvgIpc) is 3.53. The van der Waals surface area contributed by atoms with Gasteiger partial charge in [0.05, 0.1) is 28.1 Å². The summed E-state index contributed by atoms with van der Waals surface area (Å²) in [5, 5.41) is 14.7. The maximum Gasteiger partial charge on any atom is 0.338 e. The molecule has 1 aromatic heterocycles. The molecule has 3 aromatic carbocycles. The number of carboxylic acid groups (broad SMARTS) is 1. The lowest BCUT2D eigenvalue weighted by molar-refractivity contribution is -0.114. The van der Waals surface area contributed by atoms with E-state index in [2.05, 4.69) is 5.10 Å². The molecule has 0 fully saturated rings. The van der Waals surface area contributed by atoms with Crippen LogP contribution in [0.5, 0.6) is 0 Å². The third kappa shape index (κ3) is 5.15. The highest BCUT2D eigenvalue weighted by Crippen LogP contribution is 2.28. The number of anilines is 1. The number of hydrazone groups is 1. The van der Waals surface area contributed by atoms with Crippen LogP contribution in [0, 0.1) is 0 Å². The number of esters is 1. The first-order valence-corrected chi connectivity index (χ1v) is 11.8. The molecular formula is C30H22N2O6. The fraction of sp³-hybridized carbons (Fsp3) is 0.0667. The molecule has 0 radical (unpaired) electrons. The summed E-state index contributed by atoms with van der Waals surface area (Å²) in [7, 11) is 0. The van der Waals surface area contributed by atoms with Crippen LogP contribution in [0.25, 0.3) is 17.4 Å². The zero-order valence-electron chi connectivity index (χ0n) is 20.3. The predicted molar refractivity (Wildman–Crippen MR) is 142 cm³/mol. The van der Waals surface area contributed by atoms with Crippen LogP contribution in [0.3, 0.4) is 0 Å². The Kier molecular flexibility index (Phi) is 6.69. The van der Waals surface area contributed by atoms with E-state index in [1.165, 1.54) is 17.1 Å². The number of hydrogen-bond donors (Lipinski definition) is 1. The van der Waals surface area contributed by atoms with Gasteiger partial charge in [-0.25, -0.2) is 9.59 Å². The van der Waals surface area contributed by atoms with Crippen LogP contribution in [0.1, 0.15) is 39.0 Å². The molecule has 0 atom stereocenters. The van der Waals surface area contributed by atoms with Gasteiger partial charge in [-0.3, -0.25) is 4.79 Å². The Morgan fingerprint density at radius 1 is 0.947 bits per heavy atom. The zero-order valence-corrected chi connectivity index (χ0v) is 20.3. The molecule has 4 aromatic rings. The van der Waals surface area contributed by atoms with Gasteiger partial charge < -0.3 is 14.3 Å². The average molecular weight is 507 g/mol. The molecule has 0 spiro atoms. The first-order chi connectivity index (χ1) is 18.4. The summed E-state index contributed by atoms with van der Waals surface area (Å²) in [6.07, 6.45) is 1.59. The van der Waals surface area contributed by atoms with E-state index in [0.29, 0.717) is 39.6 Å². The Morgan fingerprint density at radius 3 is 2.50 bits per heavy atom. The molecular weight excluding hydrogens is 484 g/mol. The third-order valence-electron chi connectivity index (χ3n) is 5.91. The number of amides is 1. The van der Waals surface area contributed by atoms with Crippen molar-refractivity contribution in [2.45, 2.75) is 13.5 Å². The van der Waals surface area contributed by atoms with E-state index >= 15 is 0 Å². The second-order valence-electron chi connectivity index (χ2n) is 8.56. The first-order valence-electron chi connectivity index (χ1n) is 11.8. The van der Waals surface area contributed by atoms with Crippen molar-refractivity contribution < 1.29 is 28.6 Å². The predicted octanol–water partition coefficient (Wildman–Crippen LogP) is 5.81. The van der Waals surface area contributed by atoms with Crippen molar-refractivity contribution in [3.8, 4) is 11.3 Å². The number of nitrogens with zero attached hydrogens (tertiary/aromatic N) is 2. The molecule has 0 saturated heterocycles. The number of ether oxygens (including phenoxy) is 1. The Hall–Kier alpha value is -5.24. The van der Waals surface area contributed by atoms with Crippen molar-refractivity contribution in [3.63, 3.8) is 0 Å². The topological polar surface area (TPSA) is 109 Å². The molecule has 1 amide bonds. The lowest BCUT2D eigenvalue weighted by Gasteiger charge is -2.12. The van der Waals surface area contributed by atoms with Gasteiger partial charge in [-0.05, 0) is 61.0 Å². The number of carboxylic acids is 1. The van der Waals surface area contributed by atoms with Crippen molar-refractivity contribution >= 4 is 35.3 Å². The third-order valence-corrected chi connectivity index (χ3v) is 5.91. The van der Waals surface area contributed by atoms with E-state index in [9.17, 15) is 19.5 Å². The summed E-state index contributed by atoms with van der Waals surface area (Å²) in [6.45, 7) is 1.87. The van der Waals surface area contributed by atoms with E-state index in [1.54, 1.807) is 55.5 Å². The smallest absolute Gasteiger partial charge is 0.338 e. The van der Waals surface area contributed by atoms with Crippen molar-refractivity contribution in [1.82, 2.24) is 0 Å². The molecule has 1 N–H and O–H groups in total. The standard InChI is InChI=1S/C30H22N2O6/c1-19-26(28(33)32(31-19)24-12-6-10-22(16-24)29(34)35)17-25-13-14-27(38-25)21-9-5-11-23(15-21)30(36)37-18-20-7-3-2-4-8-20/h2-17H,18H2,1H3,(H,34,35)/b26-17-. The van der Waals surface area contributed by atoms with Crippen molar-refractivity contribution in [2.75, 3.05) is 5.01 Å². The Bertz CT molecular complexity index is 1600. The molecule has 1 aliphatic heterocycles. The Balaban J connectivity index is 1.32. The number of carbonyl (C=O) groups excluding carboxylic acids is 2. The molecule has 0 saturated carbocycles. The van der Waals surface area contributed by atoms with Gasteiger partial charge >= 0.3 is 11.9 Å². The Labute approximate surface area is 218 Å². The van der Waals surface area contributed by atoms with Gasteiger partial charge in [0.25, 0.3) is 5.91 Å². The van der Waals surface area contributed by atoms with E-state index < -0.39 is 17.8 Å². The van der Waals surface area contributed by atoms with E-state index in [-0.39, 0.29) is 12.2 Å². The molecule has 0 unspecified atom stereocenters. The molecule has 5 rings (SSSR count). The van der Waals surface area contributed by atoms with E-state index in [1.807, 2.05) is 36.4 Å². The minimum Gasteiger partial charge on any atom is -0.478 e. The van der Waals surface area contributed by atoms with Gasteiger partial charge in [-0.2, -0.15) is 10.1 Å². The molecule has 0 aliphatic carbocycles. The van der Waals surface area contributed by atoms with Gasteiger partial charge in [-0.1, -0.05) is 48.5 Å². The van der Waals surface area contributed by atoms with Crippen LogP contribution >= 0.6 is 0 Å². The molecule has 38 heavy (non-hydrogen) atoms. The monoisotopic (exact) mass is 506 g/mol. The zero-order chi connectivity index (χ0) is 26.6. The minimum absolute atomic E-state index is 0.0578. The van der Waals surface area contributed by atoms with Gasteiger partial charge in [-0.15, -0.1) is 0 Å². The lowest BCUT2D eigenvalue weighted by Crippen LogP contribution is -2.21. The van der Waals surface area contributed by atoms with Crippen molar-refractivity contribution in [1.29, 1.82) is 0 Å². The van der Waals surface area contributed by atoms with Crippen LogP contribution in [0.2, 0.25) is 0 Å². The fourth-order valence-corrected chi connectivity index (χ4v) is 3.96. The van der Waals surface area contributed by atoms with Crippen LogP contribution < -0.4 is 5.01 Å². The van der Waals surface area contributed by atoms with Crippen LogP contribution in [0.4, 0.5) is 5.69 Å². The van der Waals surface area contributed by atoms with Crippen LogP contribution in [-0.4, -0.2) is 28.7 Å². The van der Waals surface area contributed by atoms with Crippen LogP contribution in [0.15, 0.2) is 106 Å². The van der Waals surface area contributed by atoms with Gasteiger partial charge in [0.2, 0.25) is 0 Å². The number of rotatable bonds is 7. The second kappa shape index (κ2) is 10.4. The number of furan rings is 1. The fourth-order valence-electron chi connectivity index (χ4n) is 3.96. The molecule has 8 heteroatoms. The van der Waals surface area contributed by atoms with Crippen molar-refractivity contribution in [3.05, 3.63) is 119 Å². The largest absolute Gasteiger partial charge is 0.478 e. The van der Waals surface area contributed by atoms with Crippen LogP contribution in [-0.2, 0) is 16.1 Å². The number of aromatic carboxylic acids is 1. The maximum absolute atomic E-state index is 13.1. The number of benzene rings is 3. The first kappa shape index (κ1) is 24.5. The van der Waals surface area contributed by atoms with Gasteiger partial charge in [0, 0.05) is 5.56 Å². The van der Waals surface area contributed by atoms with E-state index in [4.69, 9.17) is 9.15 Å². The minimum atomic E-state index is -1.09. The normalized spacial score (nSPS) is 14.0. The summed E-state index contributed by atoms with van der Waals surface area (Å²) in [5.41, 5.74) is 3.18. The second-order valence-corrected chi connectivity index (χ2v) is 8.56. The van der Waals surface area contributed by atoms with E-state index in [0.717, 1.165) is 5.56 Å². The summed E-state index contributed by atoms with van der Waals surface area (Å²) in [5.74, 6) is -0.991.